The zero-order valence-corrected chi connectivity index (χ0v) is 7.60. The van der Waals surface area contributed by atoms with E-state index < -0.39 is 6.17 Å². The predicted octanol–water partition coefficient (Wildman–Crippen LogP) is 1.14. The first kappa shape index (κ1) is 9.96. The zero-order valence-electron chi connectivity index (χ0n) is 6.84. The van der Waals surface area contributed by atoms with Crippen LogP contribution in [0.5, 0.6) is 0 Å². The van der Waals surface area contributed by atoms with E-state index in [2.05, 4.69) is 6.58 Å². The highest BCUT2D eigenvalue weighted by Crippen LogP contribution is 2.21. The van der Waals surface area contributed by atoms with Crippen LogP contribution in [0.3, 0.4) is 0 Å². The molecular formula is C8H13ClFNO. The number of hydrogen-bond donors (Lipinski definition) is 1. The molecule has 0 aromatic rings. The Morgan fingerprint density at radius 1 is 1.75 bits per heavy atom. The van der Waals surface area contributed by atoms with Crippen LogP contribution in [0.2, 0.25) is 0 Å². The minimum Gasteiger partial charge on any atom is -0.395 e. The summed E-state index contributed by atoms with van der Waals surface area (Å²) in [6.45, 7) is 4.35. The van der Waals surface area contributed by atoms with Crippen LogP contribution in [0.4, 0.5) is 4.39 Å². The van der Waals surface area contributed by atoms with Crippen LogP contribution in [-0.2, 0) is 0 Å². The molecule has 0 bridgehead atoms. The number of alkyl halides is 1. The predicted molar refractivity (Wildman–Crippen MR) is 47.0 cm³/mol. The van der Waals surface area contributed by atoms with Gasteiger partial charge in [0.25, 0.3) is 0 Å². The molecule has 0 aromatic heterocycles. The number of hydrogen-bond acceptors (Lipinski definition) is 2. The monoisotopic (exact) mass is 193 g/mol. The highest BCUT2D eigenvalue weighted by molar-refractivity contribution is 6.29. The van der Waals surface area contributed by atoms with Crippen LogP contribution in [0.1, 0.15) is 6.42 Å². The Morgan fingerprint density at radius 2 is 2.42 bits per heavy atom. The van der Waals surface area contributed by atoms with E-state index in [1.165, 1.54) is 0 Å². The van der Waals surface area contributed by atoms with Crippen molar-refractivity contribution < 1.29 is 9.50 Å². The van der Waals surface area contributed by atoms with Gasteiger partial charge in [-0.1, -0.05) is 18.2 Å². The number of nitrogens with zero attached hydrogens (tertiary/aromatic N) is 1. The summed E-state index contributed by atoms with van der Waals surface area (Å²) in [5.41, 5.74) is 0. The second kappa shape index (κ2) is 4.21. The second-order valence-corrected chi connectivity index (χ2v) is 3.65. The number of halogens is 2. The van der Waals surface area contributed by atoms with Crippen molar-refractivity contribution in [2.45, 2.75) is 18.6 Å². The van der Waals surface area contributed by atoms with E-state index in [0.29, 0.717) is 24.5 Å². The summed E-state index contributed by atoms with van der Waals surface area (Å²) in [6, 6.07) is -0.0875. The van der Waals surface area contributed by atoms with Crippen molar-refractivity contribution in [2.24, 2.45) is 0 Å². The summed E-state index contributed by atoms with van der Waals surface area (Å²) in [5, 5.41) is 9.37. The van der Waals surface area contributed by atoms with Crippen LogP contribution in [0.15, 0.2) is 11.6 Å². The van der Waals surface area contributed by atoms with Gasteiger partial charge < -0.3 is 5.11 Å². The third kappa shape index (κ3) is 2.44. The van der Waals surface area contributed by atoms with E-state index in [0.717, 1.165) is 0 Å². The largest absolute Gasteiger partial charge is 0.395 e. The van der Waals surface area contributed by atoms with Crippen molar-refractivity contribution in [1.29, 1.82) is 0 Å². The molecule has 0 saturated carbocycles. The van der Waals surface area contributed by atoms with E-state index in [4.69, 9.17) is 16.7 Å². The Bertz CT molecular complexity index is 176. The minimum absolute atomic E-state index is 0.00934. The van der Waals surface area contributed by atoms with Crippen LogP contribution < -0.4 is 0 Å². The molecular weight excluding hydrogens is 181 g/mol. The summed E-state index contributed by atoms with van der Waals surface area (Å²) in [4.78, 5) is 1.82. The average molecular weight is 194 g/mol. The summed E-state index contributed by atoms with van der Waals surface area (Å²) < 4.78 is 12.8. The molecule has 0 aromatic carbocycles. The van der Waals surface area contributed by atoms with Gasteiger partial charge in [0.1, 0.15) is 6.17 Å². The van der Waals surface area contributed by atoms with Gasteiger partial charge in [-0.15, -0.1) is 0 Å². The summed E-state index contributed by atoms with van der Waals surface area (Å²) in [6.07, 6.45) is -0.432. The molecule has 12 heavy (non-hydrogen) atoms. The lowest BCUT2D eigenvalue weighted by Crippen LogP contribution is -2.33. The van der Waals surface area contributed by atoms with Crippen molar-refractivity contribution in [3.05, 3.63) is 11.6 Å². The molecule has 0 amide bonds. The lowest BCUT2D eigenvalue weighted by Gasteiger charge is -2.20. The second-order valence-electron chi connectivity index (χ2n) is 3.12. The first-order chi connectivity index (χ1) is 5.63. The maximum absolute atomic E-state index is 12.8. The highest BCUT2D eigenvalue weighted by Gasteiger charge is 2.31. The Hall–Kier alpha value is -0.120. The van der Waals surface area contributed by atoms with E-state index in [-0.39, 0.29) is 12.6 Å². The molecule has 4 heteroatoms. The Morgan fingerprint density at radius 3 is 2.92 bits per heavy atom. The molecule has 2 nitrogen and oxygen atoms in total. The van der Waals surface area contributed by atoms with Crippen molar-refractivity contribution >= 4 is 11.6 Å². The molecule has 0 spiro atoms. The smallest absolute Gasteiger partial charge is 0.114 e. The lowest BCUT2D eigenvalue weighted by atomic mass is 10.2. The molecule has 0 aliphatic carbocycles. The molecule has 2 atom stereocenters. The highest BCUT2D eigenvalue weighted by atomic mass is 35.5. The quantitative estimate of drug-likeness (QED) is 0.727. The third-order valence-electron chi connectivity index (χ3n) is 2.06. The van der Waals surface area contributed by atoms with E-state index in [1.807, 2.05) is 4.90 Å². The van der Waals surface area contributed by atoms with Crippen molar-refractivity contribution in [3.8, 4) is 0 Å². The van der Waals surface area contributed by atoms with Crippen LogP contribution >= 0.6 is 11.6 Å². The fraction of sp³-hybridized carbons (Fsp3) is 0.750. The van der Waals surface area contributed by atoms with Crippen LogP contribution in [-0.4, -0.2) is 41.9 Å². The Balaban J connectivity index is 2.46. The SMILES string of the molecule is C=C(Cl)CN1C[C@@H](F)C[C@H]1CO. The molecule has 1 rings (SSSR count). The molecule has 1 aliphatic heterocycles. The zero-order chi connectivity index (χ0) is 9.14. The molecule has 70 valence electrons. The standard InChI is InChI=1S/C8H13ClFNO/c1-6(9)3-11-4-7(10)2-8(11)5-12/h7-8,12H,1-5H2/t7-,8-/m0/s1. The van der Waals surface area contributed by atoms with Gasteiger partial charge in [0, 0.05) is 24.2 Å². The van der Waals surface area contributed by atoms with Crippen molar-refractivity contribution in [3.63, 3.8) is 0 Å². The average Bonchev–Trinajstić information content (AvgIpc) is 2.29. The number of likely N-dealkylation sites (tertiary alicyclic amines) is 1. The lowest BCUT2D eigenvalue weighted by molar-refractivity contribution is 0.169. The maximum atomic E-state index is 12.8. The van der Waals surface area contributed by atoms with E-state index >= 15 is 0 Å². The van der Waals surface area contributed by atoms with Crippen molar-refractivity contribution in [1.82, 2.24) is 4.90 Å². The van der Waals surface area contributed by atoms with Crippen LogP contribution in [0, 0.1) is 0 Å². The van der Waals surface area contributed by atoms with Crippen molar-refractivity contribution in [2.75, 3.05) is 19.7 Å². The third-order valence-corrected chi connectivity index (χ3v) is 2.18. The first-order valence-electron chi connectivity index (χ1n) is 3.95. The van der Waals surface area contributed by atoms with Gasteiger partial charge in [-0.25, -0.2) is 4.39 Å². The summed E-state index contributed by atoms with van der Waals surface area (Å²) in [5.74, 6) is 0. The van der Waals surface area contributed by atoms with Gasteiger partial charge in [-0.2, -0.15) is 0 Å². The normalized spacial score (nSPS) is 30.9. The maximum Gasteiger partial charge on any atom is 0.114 e. The van der Waals surface area contributed by atoms with Gasteiger partial charge >= 0.3 is 0 Å². The summed E-state index contributed by atoms with van der Waals surface area (Å²) in [7, 11) is 0. The van der Waals surface area contributed by atoms with Gasteiger partial charge in [0.2, 0.25) is 0 Å². The summed E-state index contributed by atoms with van der Waals surface area (Å²) >= 11 is 5.59. The number of rotatable bonds is 3. The molecule has 0 radical (unpaired) electrons. The topological polar surface area (TPSA) is 23.5 Å². The molecule has 1 saturated heterocycles. The number of aliphatic hydroxyl groups is 1. The molecule has 1 heterocycles. The molecule has 1 aliphatic rings. The minimum atomic E-state index is -0.835. The fourth-order valence-electron chi connectivity index (χ4n) is 1.53. The van der Waals surface area contributed by atoms with Gasteiger partial charge in [0.05, 0.1) is 6.61 Å². The number of aliphatic hydroxyl groups excluding tert-OH is 1. The van der Waals surface area contributed by atoms with E-state index in [1.54, 1.807) is 0 Å². The molecule has 1 N–H and O–H groups in total. The van der Waals surface area contributed by atoms with Gasteiger partial charge in [-0.05, 0) is 6.42 Å². The Kier molecular flexibility index (Phi) is 3.50. The van der Waals surface area contributed by atoms with Crippen LogP contribution in [0.25, 0.3) is 0 Å². The Labute approximate surface area is 76.6 Å². The molecule has 1 fully saturated rings. The first-order valence-corrected chi connectivity index (χ1v) is 4.33. The molecule has 0 unspecified atom stereocenters. The van der Waals surface area contributed by atoms with Gasteiger partial charge in [0.15, 0.2) is 0 Å². The van der Waals surface area contributed by atoms with E-state index in [9.17, 15) is 4.39 Å². The fourth-order valence-corrected chi connectivity index (χ4v) is 1.68. The van der Waals surface area contributed by atoms with Gasteiger partial charge in [-0.3, -0.25) is 4.90 Å².